The summed E-state index contributed by atoms with van der Waals surface area (Å²) in [6, 6.07) is 12.3. The van der Waals surface area contributed by atoms with Gasteiger partial charge in [-0.15, -0.1) is 0 Å². The summed E-state index contributed by atoms with van der Waals surface area (Å²) in [6.07, 6.45) is 0. The number of hydrogen-bond acceptors (Lipinski definition) is 5. The predicted molar refractivity (Wildman–Crippen MR) is 96.9 cm³/mol. The molecule has 1 N–H and O–H groups in total. The summed E-state index contributed by atoms with van der Waals surface area (Å²) >= 11 is 0. The van der Waals surface area contributed by atoms with Gasteiger partial charge in [-0.1, -0.05) is 26.0 Å². The van der Waals surface area contributed by atoms with Crippen LogP contribution in [0.25, 0.3) is 0 Å². The number of benzene rings is 2. The average molecular weight is 355 g/mol. The third kappa shape index (κ3) is 4.33. The van der Waals surface area contributed by atoms with Crippen molar-refractivity contribution in [1.82, 2.24) is 0 Å². The van der Waals surface area contributed by atoms with Crippen LogP contribution in [0.5, 0.6) is 11.5 Å². The lowest BCUT2D eigenvalue weighted by Crippen LogP contribution is -2.21. The Morgan fingerprint density at radius 2 is 1.73 bits per heavy atom. The molecule has 0 fully saturated rings. The monoisotopic (exact) mass is 355 g/mol. The van der Waals surface area contributed by atoms with Gasteiger partial charge < -0.3 is 19.5 Å². The van der Waals surface area contributed by atoms with Gasteiger partial charge in [0.15, 0.2) is 18.1 Å². The number of esters is 1. The maximum absolute atomic E-state index is 12.0. The van der Waals surface area contributed by atoms with Crippen molar-refractivity contribution in [2.75, 3.05) is 25.1 Å². The highest BCUT2D eigenvalue weighted by molar-refractivity contribution is 5.95. The topological polar surface area (TPSA) is 73.9 Å². The highest BCUT2D eigenvalue weighted by Crippen LogP contribution is 2.32. The Kier molecular flexibility index (Phi) is 5.41. The molecule has 1 amide bonds. The second kappa shape index (κ2) is 7.91. The van der Waals surface area contributed by atoms with Gasteiger partial charge in [0, 0.05) is 11.8 Å². The normalized spacial score (nSPS) is 12.6. The Labute approximate surface area is 152 Å². The number of amides is 1. The quantitative estimate of drug-likeness (QED) is 0.833. The van der Waals surface area contributed by atoms with E-state index in [-0.39, 0.29) is 6.61 Å². The Balaban J connectivity index is 1.52. The van der Waals surface area contributed by atoms with Crippen molar-refractivity contribution in [2.24, 2.45) is 0 Å². The summed E-state index contributed by atoms with van der Waals surface area (Å²) in [6.45, 7) is 4.77. The molecule has 136 valence electrons. The van der Waals surface area contributed by atoms with Crippen LogP contribution >= 0.6 is 0 Å². The van der Waals surface area contributed by atoms with Crippen molar-refractivity contribution in [3.05, 3.63) is 53.6 Å². The first-order valence-electron chi connectivity index (χ1n) is 8.49. The van der Waals surface area contributed by atoms with Gasteiger partial charge in [-0.3, -0.25) is 4.79 Å². The second-order valence-corrected chi connectivity index (χ2v) is 6.26. The van der Waals surface area contributed by atoms with Gasteiger partial charge >= 0.3 is 5.97 Å². The van der Waals surface area contributed by atoms with E-state index in [1.807, 2.05) is 12.1 Å². The van der Waals surface area contributed by atoms with Crippen molar-refractivity contribution in [3.63, 3.8) is 0 Å². The van der Waals surface area contributed by atoms with E-state index >= 15 is 0 Å². The van der Waals surface area contributed by atoms with Gasteiger partial charge in [-0.2, -0.15) is 0 Å². The van der Waals surface area contributed by atoms with Crippen LogP contribution in [-0.4, -0.2) is 31.7 Å². The van der Waals surface area contributed by atoms with Crippen LogP contribution in [0.1, 0.15) is 35.7 Å². The molecule has 6 nitrogen and oxygen atoms in total. The van der Waals surface area contributed by atoms with Crippen LogP contribution in [0.15, 0.2) is 42.5 Å². The highest BCUT2D eigenvalue weighted by atomic mass is 16.6. The number of fused-ring (bicyclic) bond motifs is 1. The SMILES string of the molecule is CC(C)c1ccc(C(=O)OCC(=O)Nc2ccc3c(c2)OCCO3)cc1. The molecule has 0 saturated carbocycles. The molecule has 2 aromatic rings. The van der Waals surface area contributed by atoms with Crippen LogP contribution in [0.3, 0.4) is 0 Å². The number of ether oxygens (including phenoxy) is 3. The molecule has 2 aromatic carbocycles. The predicted octanol–water partition coefficient (Wildman–Crippen LogP) is 3.38. The smallest absolute Gasteiger partial charge is 0.338 e. The molecule has 0 bridgehead atoms. The molecule has 0 saturated heterocycles. The lowest BCUT2D eigenvalue weighted by atomic mass is 10.0. The Bertz CT molecular complexity index is 798. The fraction of sp³-hybridized carbons (Fsp3) is 0.300. The molecule has 0 radical (unpaired) electrons. The van der Waals surface area contributed by atoms with Crippen LogP contribution in [-0.2, 0) is 9.53 Å². The average Bonchev–Trinajstić information content (AvgIpc) is 2.66. The fourth-order valence-corrected chi connectivity index (χ4v) is 2.54. The first kappa shape index (κ1) is 17.8. The number of carbonyl (C=O) groups is 2. The first-order chi connectivity index (χ1) is 12.5. The van der Waals surface area contributed by atoms with Crippen molar-refractivity contribution in [2.45, 2.75) is 19.8 Å². The molecule has 0 unspecified atom stereocenters. The number of nitrogens with one attached hydrogen (secondary N) is 1. The van der Waals surface area contributed by atoms with E-state index < -0.39 is 11.9 Å². The van der Waals surface area contributed by atoms with E-state index in [1.165, 1.54) is 0 Å². The van der Waals surface area contributed by atoms with Crippen LogP contribution in [0, 0.1) is 0 Å². The van der Waals surface area contributed by atoms with Crippen LogP contribution in [0.4, 0.5) is 5.69 Å². The Morgan fingerprint density at radius 1 is 1.04 bits per heavy atom. The van der Waals surface area contributed by atoms with Crippen molar-refractivity contribution in [1.29, 1.82) is 0 Å². The molecule has 1 heterocycles. The van der Waals surface area contributed by atoms with Crippen molar-refractivity contribution < 1.29 is 23.8 Å². The van der Waals surface area contributed by atoms with Gasteiger partial charge in [-0.25, -0.2) is 4.79 Å². The van der Waals surface area contributed by atoms with Gasteiger partial charge in [0.2, 0.25) is 0 Å². The highest BCUT2D eigenvalue weighted by Gasteiger charge is 2.14. The van der Waals surface area contributed by atoms with Crippen molar-refractivity contribution in [3.8, 4) is 11.5 Å². The molecule has 0 spiro atoms. The third-order valence-electron chi connectivity index (χ3n) is 3.97. The van der Waals surface area contributed by atoms with Crippen LogP contribution in [0.2, 0.25) is 0 Å². The van der Waals surface area contributed by atoms with E-state index in [0.717, 1.165) is 5.56 Å². The molecule has 0 aromatic heterocycles. The summed E-state index contributed by atoms with van der Waals surface area (Å²) in [5, 5.41) is 2.67. The maximum atomic E-state index is 12.0. The lowest BCUT2D eigenvalue weighted by molar-refractivity contribution is -0.119. The molecule has 26 heavy (non-hydrogen) atoms. The summed E-state index contributed by atoms with van der Waals surface area (Å²) < 4.78 is 16.0. The van der Waals surface area contributed by atoms with E-state index in [0.29, 0.717) is 41.9 Å². The summed E-state index contributed by atoms with van der Waals surface area (Å²) in [7, 11) is 0. The molecule has 0 atom stereocenters. The summed E-state index contributed by atoms with van der Waals surface area (Å²) in [5.74, 6) is 0.658. The number of anilines is 1. The summed E-state index contributed by atoms with van der Waals surface area (Å²) in [5.41, 5.74) is 2.11. The van der Waals surface area contributed by atoms with Gasteiger partial charge in [-0.05, 0) is 35.7 Å². The largest absolute Gasteiger partial charge is 0.486 e. The number of carbonyl (C=O) groups excluding carboxylic acids is 2. The maximum Gasteiger partial charge on any atom is 0.338 e. The molecule has 1 aliphatic heterocycles. The molecule has 1 aliphatic rings. The minimum absolute atomic E-state index is 0.362. The van der Waals surface area contributed by atoms with E-state index in [1.54, 1.807) is 30.3 Å². The molecule has 0 aliphatic carbocycles. The van der Waals surface area contributed by atoms with E-state index in [9.17, 15) is 9.59 Å². The van der Waals surface area contributed by atoms with Crippen LogP contribution < -0.4 is 14.8 Å². The number of hydrogen-bond donors (Lipinski definition) is 1. The van der Waals surface area contributed by atoms with Gasteiger partial charge in [0.05, 0.1) is 5.56 Å². The zero-order valence-corrected chi connectivity index (χ0v) is 14.8. The first-order valence-corrected chi connectivity index (χ1v) is 8.49. The van der Waals surface area contributed by atoms with E-state index in [4.69, 9.17) is 14.2 Å². The Hall–Kier alpha value is -3.02. The Morgan fingerprint density at radius 3 is 2.42 bits per heavy atom. The third-order valence-corrected chi connectivity index (χ3v) is 3.97. The summed E-state index contributed by atoms with van der Waals surface area (Å²) in [4.78, 5) is 24.0. The molecule has 3 rings (SSSR count). The molecular formula is C20H21NO5. The van der Waals surface area contributed by atoms with Crippen molar-refractivity contribution >= 4 is 17.6 Å². The lowest BCUT2D eigenvalue weighted by Gasteiger charge is -2.19. The minimum atomic E-state index is -0.530. The standard InChI is InChI=1S/C20H21NO5/c1-13(2)14-3-5-15(6-4-14)20(23)26-12-19(22)21-16-7-8-17-18(11-16)25-10-9-24-17/h3-8,11,13H,9-10,12H2,1-2H3,(H,21,22). The second-order valence-electron chi connectivity index (χ2n) is 6.26. The molecular weight excluding hydrogens is 334 g/mol. The molecule has 6 heteroatoms. The number of rotatable bonds is 5. The zero-order chi connectivity index (χ0) is 18.5. The van der Waals surface area contributed by atoms with E-state index in [2.05, 4.69) is 19.2 Å². The van der Waals surface area contributed by atoms with Gasteiger partial charge in [0.1, 0.15) is 13.2 Å². The zero-order valence-electron chi connectivity index (χ0n) is 14.8. The fourth-order valence-electron chi connectivity index (χ4n) is 2.54. The van der Waals surface area contributed by atoms with Gasteiger partial charge in [0.25, 0.3) is 5.91 Å². The minimum Gasteiger partial charge on any atom is -0.486 e.